The lowest BCUT2D eigenvalue weighted by Crippen LogP contribution is -2.07. The molecule has 0 aliphatic carbocycles. The largest absolute Gasteiger partial charge is 0.493 e. The van der Waals surface area contributed by atoms with Crippen LogP contribution in [0.5, 0.6) is 34.5 Å². The number of hydrogen-bond acceptors (Lipinski definition) is 6. The average molecular weight is 390 g/mol. The zero-order valence-electron chi connectivity index (χ0n) is 17.8. The minimum absolute atomic E-state index is 0.342. The molecule has 2 aromatic carbocycles. The van der Waals surface area contributed by atoms with E-state index >= 15 is 0 Å². The van der Waals surface area contributed by atoms with Crippen molar-refractivity contribution in [1.29, 1.82) is 0 Å². The van der Waals surface area contributed by atoms with Crippen molar-refractivity contribution < 1.29 is 28.4 Å². The van der Waals surface area contributed by atoms with E-state index in [-0.39, 0.29) is 0 Å². The Bertz CT molecular complexity index is 762. The normalized spacial score (nSPS) is 11.5. The van der Waals surface area contributed by atoms with Crippen LogP contribution in [-0.2, 0) is 12.8 Å². The monoisotopic (exact) mass is 390 g/mol. The average Bonchev–Trinajstić information content (AvgIpc) is 2.72. The fraction of sp³-hybridized carbons (Fsp3) is 0.455. The molecule has 0 radical (unpaired) electrons. The van der Waals surface area contributed by atoms with Crippen molar-refractivity contribution in [2.45, 2.75) is 19.8 Å². The minimum atomic E-state index is 0.342. The smallest absolute Gasteiger partial charge is 0.203 e. The summed E-state index contributed by atoms with van der Waals surface area (Å²) in [5.74, 6) is 4.24. The van der Waals surface area contributed by atoms with E-state index in [2.05, 4.69) is 6.92 Å². The lowest BCUT2D eigenvalue weighted by Gasteiger charge is -2.19. The second kappa shape index (κ2) is 9.97. The van der Waals surface area contributed by atoms with Crippen LogP contribution in [0.4, 0.5) is 0 Å². The molecule has 0 bridgehead atoms. The van der Waals surface area contributed by atoms with Gasteiger partial charge in [-0.3, -0.25) is 0 Å². The molecule has 0 aliphatic rings. The predicted octanol–water partition coefficient (Wildman–Crippen LogP) is 4.16. The van der Waals surface area contributed by atoms with Crippen LogP contribution in [0.25, 0.3) is 0 Å². The minimum Gasteiger partial charge on any atom is -0.493 e. The first-order chi connectivity index (χ1) is 13.5. The van der Waals surface area contributed by atoms with Gasteiger partial charge in [-0.05, 0) is 48.1 Å². The molecule has 1 unspecified atom stereocenters. The van der Waals surface area contributed by atoms with Crippen molar-refractivity contribution in [2.75, 3.05) is 42.7 Å². The topological polar surface area (TPSA) is 55.4 Å². The van der Waals surface area contributed by atoms with Gasteiger partial charge in [0.05, 0.1) is 42.7 Å². The maximum Gasteiger partial charge on any atom is 0.203 e. The molecule has 0 saturated heterocycles. The molecule has 0 aliphatic heterocycles. The second-order valence-corrected chi connectivity index (χ2v) is 6.54. The van der Waals surface area contributed by atoms with Gasteiger partial charge in [0, 0.05) is 0 Å². The van der Waals surface area contributed by atoms with Gasteiger partial charge in [-0.1, -0.05) is 13.0 Å². The van der Waals surface area contributed by atoms with Crippen molar-refractivity contribution in [2.24, 2.45) is 5.92 Å². The van der Waals surface area contributed by atoms with Gasteiger partial charge in [0.25, 0.3) is 0 Å². The maximum atomic E-state index is 5.60. The van der Waals surface area contributed by atoms with Gasteiger partial charge in [0.2, 0.25) is 11.5 Å². The van der Waals surface area contributed by atoms with Gasteiger partial charge in [0.15, 0.2) is 23.0 Å². The van der Waals surface area contributed by atoms with E-state index in [1.54, 1.807) is 42.7 Å². The molecule has 1 atom stereocenters. The first kappa shape index (κ1) is 21.5. The first-order valence-electron chi connectivity index (χ1n) is 9.09. The molecule has 0 N–H and O–H groups in total. The molecule has 0 amide bonds. The predicted molar refractivity (Wildman–Crippen MR) is 109 cm³/mol. The first-order valence-corrected chi connectivity index (χ1v) is 9.09. The zero-order chi connectivity index (χ0) is 20.7. The summed E-state index contributed by atoms with van der Waals surface area (Å²) in [6.45, 7) is 2.19. The number of hydrogen-bond donors (Lipinski definition) is 0. The summed E-state index contributed by atoms with van der Waals surface area (Å²) in [5, 5.41) is 0. The maximum absolute atomic E-state index is 5.60. The summed E-state index contributed by atoms with van der Waals surface area (Å²) in [6, 6.07) is 7.90. The molecule has 28 heavy (non-hydrogen) atoms. The molecule has 0 aromatic heterocycles. The van der Waals surface area contributed by atoms with E-state index in [9.17, 15) is 0 Å². The third-order valence-electron chi connectivity index (χ3n) is 4.66. The van der Waals surface area contributed by atoms with Crippen LogP contribution < -0.4 is 28.4 Å². The summed E-state index contributed by atoms with van der Waals surface area (Å²) in [4.78, 5) is 0. The zero-order valence-corrected chi connectivity index (χ0v) is 17.8. The highest BCUT2D eigenvalue weighted by molar-refractivity contribution is 5.56. The van der Waals surface area contributed by atoms with Crippen molar-refractivity contribution in [3.05, 3.63) is 35.4 Å². The Balaban J connectivity index is 2.26. The highest BCUT2D eigenvalue weighted by atomic mass is 16.5. The van der Waals surface area contributed by atoms with Gasteiger partial charge >= 0.3 is 0 Å². The van der Waals surface area contributed by atoms with E-state index in [1.165, 1.54) is 0 Å². The lowest BCUT2D eigenvalue weighted by molar-refractivity contribution is 0.320. The van der Waals surface area contributed by atoms with E-state index in [0.717, 1.165) is 24.0 Å². The van der Waals surface area contributed by atoms with Gasteiger partial charge < -0.3 is 28.4 Å². The Morgan fingerprint density at radius 3 is 1.61 bits per heavy atom. The Hall–Kier alpha value is -2.76. The van der Waals surface area contributed by atoms with Gasteiger partial charge in [-0.2, -0.15) is 0 Å². The van der Waals surface area contributed by atoms with Crippen molar-refractivity contribution in [3.63, 3.8) is 0 Å². The molecule has 2 aromatic rings. The van der Waals surface area contributed by atoms with Crippen LogP contribution in [0, 0.1) is 5.92 Å². The molecular weight excluding hydrogens is 360 g/mol. The Morgan fingerprint density at radius 2 is 1.14 bits per heavy atom. The van der Waals surface area contributed by atoms with E-state index in [0.29, 0.717) is 40.4 Å². The second-order valence-electron chi connectivity index (χ2n) is 6.54. The summed E-state index contributed by atoms with van der Waals surface area (Å²) in [7, 11) is 9.72. The van der Waals surface area contributed by atoms with Gasteiger partial charge in [0.1, 0.15) is 0 Å². The summed E-state index contributed by atoms with van der Waals surface area (Å²) < 4.78 is 32.8. The summed E-state index contributed by atoms with van der Waals surface area (Å²) >= 11 is 0. The third-order valence-corrected chi connectivity index (χ3v) is 4.66. The SMILES string of the molecule is COc1cc(CC(C)Cc2ccc(OC)c(OC)c2OC)cc(OC)c1OC. The lowest BCUT2D eigenvalue weighted by atomic mass is 9.93. The van der Waals surface area contributed by atoms with Gasteiger partial charge in [-0.15, -0.1) is 0 Å². The van der Waals surface area contributed by atoms with Crippen LogP contribution in [0.15, 0.2) is 24.3 Å². The number of methoxy groups -OCH3 is 6. The van der Waals surface area contributed by atoms with Crippen LogP contribution in [0.1, 0.15) is 18.1 Å². The van der Waals surface area contributed by atoms with E-state index in [1.807, 2.05) is 24.3 Å². The fourth-order valence-corrected chi connectivity index (χ4v) is 3.43. The Morgan fingerprint density at radius 1 is 0.607 bits per heavy atom. The fourth-order valence-electron chi connectivity index (χ4n) is 3.43. The third kappa shape index (κ3) is 4.55. The Kier molecular flexibility index (Phi) is 7.67. The van der Waals surface area contributed by atoms with Crippen molar-refractivity contribution >= 4 is 0 Å². The molecule has 2 rings (SSSR count). The van der Waals surface area contributed by atoms with Crippen LogP contribution in [-0.4, -0.2) is 42.7 Å². The highest BCUT2D eigenvalue weighted by Gasteiger charge is 2.19. The molecule has 0 saturated carbocycles. The van der Waals surface area contributed by atoms with Crippen molar-refractivity contribution in [1.82, 2.24) is 0 Å². The molecular formula is C22H30O6. The number of rotatable bonds is 10. The molecule has 6 nitrogen and oxygen atoms in total. The molecule has 154 valence electrons. The standard InChI is InChI=1S/C22H30O6/c1-14(10-15-12-18(24-3)21(27-6)19(13-15)25-4)11-16-8-9-17(23-2)22(28-7)20(16)26-5/h8-9,12-14H,10-11H2,1-7H3. The highest BCUT2D eigenvalue weighted by Crippen LogP contribution is 2.41. The van der Waals surface area contributed by atoms with E-state index < -0.39 is 0 Å². The Labute approximate surface area is 167 Å². The van der Waals surface area contributed by atoms with Crippen molar-refractivity contribution in [3.8, 4) is 34.5 Å². The molecule has 0 spiro atoms. The van der Waals surface area contributed by atoms with E-state index in [4.69, 9.17) is 28.4 Å². The summed E-state index contributed by atoms with van der Waals surface area (Å²) in [5.41, 5.74) is 2.18. The molecule has 0 fully saturated rings. The van der Waals surface area contributed by atoms with Crippen LogP contribution in [0.3, 0.4) is 0 Å². The number of ether oxygens (including phenoxy) is 6. The molecule has 0 heterocycles. The summed E-state index contributed by atoms with van der Waals surface area (Å²) in [6.07, 6.45) is 1.66. The number of benzene rings is 2. The van der Waals surface area contributed by atoms with Crippen LogP contribution >= 0.6 is 0 Å². The molecule has 6 heteroatoms. The van der Waals surface area contributed by atoms with Gasteiger partial charge in [-0.25, -0.2) is 0 Å². The van der Waals surface area contributed by atoms with Crippen LogP contribution in [0.2, 0.25) is 0 Å². The quantitative estimate of drug-likeness (QED) is 0.607.